The average Bonchev–Trinajstić information content (AvgIpc) is 2.63. The molecule has 0 radical (unpaired) electrons. The van der Waals surface area contributed by atoms with E-state index < -0.39 is 19.2 Å². The first-order valence-electron chi connectivity index (χ1n) is 9.21. The molecule has 148 valence electrons. The molecule has 1 atom stereocenters. The molecule has 1 saturated carbocycles. The second-order valence-electron chi connectivity index (χ2n) is 7.01. The van der Waals surface area contributed by atoms with Crippen LogP contribution in [-0.2, 0) is 4.57 Å². The molecule has 1 unspecified atom stereocenters. The maximum atomic E-state index is 14.5. The summed E-state index contributed by atoms with van der Waals surface area (Å²) in [6.45, 7) is 2.11. The van der Waals surface area contributed by atoms with Crippen molar-refractivity contribution in [3.63, 3.8) is 0 Å². The second kappa shape index (κ2) is 9.79. The van der Waals surface area contributed by atoms with Crippen LogP contribution in [0.3, 0.4) is 0 Å². The fourth-order valence-corrected chi connectivity index (χ4v) is 4.31. The summed E-state index contributed by atoms with van der Waals surface area (Å²) in [4.78, 5) is 9.16. The number of nitrogens with one attached hydrogen (secondary N) is 1. The van der Waals surface area contributed by atoms with E-state index in [1.54, 1.807) is 6.07 Å². The van der Waals surface area contributed by atoms with E-state index in [1.807, 2.05) is 0 Å². The predicted molar refractivity (Wildman–Crippen MR) is 95.7 cm³/mol. The molecule has 1 aliphatic carbocycles. The zero-order valence-corrected chi connectivity index (χ0v) is 16.0. The van der Waals surface area contributed by atoms with Gasteiger partial charge in [0.05, 0.1) is 6.61 Å². The lowest BCUT2D eigenvalue weighted by Crippen LogP contribution is -2.15. The van der Waals surface area contributed by atoms with Gasteiger partial charge >= 0.3 is 0 Å². The molecule has 0 spiro atoms. The minimum atomic E-state index is -3.80. The minimum Gasteiger partial charge on any atom is -0.490 e. The van der Waals surface area contributed by atoms with Crippen molar-refractivity contribution in [1.29, 1.82) is 0 Å². The predicted octanol–water partition coefficient (Wildman–Crippen LogP) is 4.97. The summed E-state index contributed by atoms with van der Waals surface area (Å²) in [5.41, 5.74) is 0.411. The van der Waals surface area contributed by atoms with E-state index in [9.17, 15) is 13.3 Å². The third-order valence-corrected chi connectivity index (χ3v) is 6.31. The molecule has 1 fully saturated rings. The standard InChI is InChI=1S/C18H28F2NO4P/c1-2-4-13-5-7-14(8-6-13)15-9-10-16(18(20)17(15)19)25-11-3-12-26(23,24)21-22/h9-10,13-14,22H,2-8,11-12H2,1H3,(H2,21,23,24). The van der Waals surface area contributed by atoms with Gasteiger partial charge in [-0.05, 0) is 55.6 Å². The zero-order valence-electron chi connectivity index (χ0n) is 15.1. The fraction of sp³-hybridized carbons (Fsp3) is 0.667. The summed E-state index contributed by atoms with van der Waals surface area (Å²) < 4.78 is 45.1. The van der Waals surface area contributed by atoms with Gasteiger partial charge < -0.3 is 14.8 Å². The molecule has 1 aromatic carbocycles. The van der Waals surface area contributed by atoms with Gasteiger partial charge in [0, 0.05) is 6.16 Å². The van der Waals surface area contributed by atoms with Crippen LogP contribution in [0.2, 0.25) is 0 Å². The highest BCUT2D eigenvalue weighted by Gasteiger charge is 2.26. The number of halogens is 2. The van der Waals surface area contributed by atoms with Crippen molar-refractivity contribution in [3.05, 3.63) is 29.3 Å². The van der Waals surface area contributed by atoms with Crippen molar-refractivity contribution in [1.82, 2.24) is 5.25 Å². The van der Waals surface area contributed by atoms with Crippen molar-refractivity contribution >= 4 is 7.52 Å². The number of rotatable bonds is 9. The number of hydrogen-bond donors (Lipinski definition) is 3. The minimum absolute atomic E-state index is 0.0440. The van der Waals surface area contributed by atoms with Crippen LogP contribution >= 0.6 is 7.52 Å². The Morgan fingerprint density at radius 1 is 1.23 bits per heavy atom. The lowest BCUT2D eigenvalue weighted by atomic mass is 9.77. The van der Waals surface area contributed by atoms with Crippen LogP contribution in [0.25, 0.3) is 0 Å². The van der Waals surface area contributed by atoms with E-state index in [4.69, 9.17) is 14.8 Å². The van der Waals surface area contributed by atoms with E-state index in [0.717, 1.165) is 32.1 Å². The van der Waals surface area contributed by atoms with Crippen molar-refractivity contribution in [3.8, 4) is 5.75 Å². The molecule has 0 amide bonds. The highest BCUT2D eigenvalue weighted by atomic mass is 31.2. The molecule has 1 aromatic rings. The van der Waals surface area contributed by atoms with Gasteiger partial charge in [0.2, 0.25) is 5.82 Å². The summed E-state index contributed by atoms with van der Waals surface area (Å²) in [7, 11) is -3.80. The third-order valence-electron chi connectivity index (χ3n) is 5.08. The molecule has 3 N–H and O–H groups in total. The Kier molecular flexibility index (Phi) is 8.02. The molecule has 26 heavy (non-hydrogen) atoms. The summed E-state index contributed by atoms with van der Waals surface area (Å²) in [6.07, 6.45) is 6.10. The van der Waals surface area contributed by atoms with E-state index in [-0.39, 0.29) is 30.9 Å². The summed E-state index contributed by atoms with van der Waals surface area (Å²) in [5, 5.41) is 9.81. The smallest absolute Gasteiger partial charge is 0.289 e. The molecular weight excluding hydrogens is 363 g/mol. The summed E-state index contributed by atoms with van der Waals surface area (Å²) in [5.74, 6) is -1.32. The summed E-state index contributed by atoms with van der Waals surface area (Å²) in [6, 6.07) is 3.01. The van der Waals surface area contributed by atoms with Crippen LogP contribution in [0.1, 0.15) is 63.4 Å². The number of benzene rings is 1. The van der Waals surface area contributed by atoms with E-state index in [2.05, 4.69) is 6.92 Å². The van der Waals surface area contributed by atoms with Crippen LogP contribution in [0, 0.1) is 17.6 Å². The largest absolute Gasteiger partial charge is 0.490 e. The average molecular weight is 391 g/mol. The Morgan fingerprint density at radius 2 is 1.92 bits per heavy atom. The molecule has 0 saturated heterocycles. The molecule has 2 rings (SSSR count). The molecule has 8 heteroatoms. The maximum Gasteiger partial charge on any atom is 0.289 e. The molecule has 5 nitrogen and oxygen atoms in total. The van der Waals surface area contributed by atoms with Gasteiger partial charge in [0.25, 0.3) is 7.52 Å². The highest BCUT2D eigenvalue weighted by Crippen LogP contribution is 2.40. The van der Waals surface area contributed by atoms with Crippen LogP contribution in [0.15, 0.2) is 12.1 Å². The van der Waals surface area contributed by atoms with Crippen molar-refractivity contribution in [2.75, 3.05) is 12.8 Å². The first-order chi connectivity index (χ1) is 12.4. The van der Waals surface area contributed by atoms with Gasteiger partial charge in [-0.1, -0.05) is 25.8 Å². The van der Waals surface area contributed by atoms with Crippen LogP contribution in [0.5, 0.6) is 5.75 Å². The van der Waals surface area contributed by atoms with Crippen LogP contribution < -0.4 is 9.99 Å². The highest BCUT2D eigenvalue weighted by molar-refractivity contribution is 7.55. The first-order valence-corrected chi connectivity index (χ1v) is 11.1. The van der Waals surface area contributed by atoms with Gasteiger partial charge in [-0.2, -0.15) is 4.39 Å². The van der Waals surface area contributed by atoms with Gasteiger partial charge in [0.1, 0.15) is 0 Å². The van der Waals surface area contributed by atoms with Crippen LogP contribution in [-0.4, -0.2) is 22.9 Å². The van der Waals surface area contributed by atoms with Crippen LogP contribution in [0.4, 0.5) is 8.78 Å². The molecule has 1 aliphatic rings. The zero-order chi connectivity index (χ0) is 19.2. The van der Waals surface area contributed by atoms with E-state index in [0.29, 0.717) is 11.5 Å². The van der Waals surface area contributed by atoms with E-state index >= 15 is 0 Å². The Balaban J connectivity index is 1.93. The van der Waals surface area contributed by atoms with Gasteiger partial charge in [-0.25, -0.2) is 4.39 Å². The number of hydrogen-bond acceptors (Lipinski definition) is 3. The quantitative estimate of drug-likeness (QED) is 0.315. The fourth-order valence-electron chi connectivity index (χ4n) is 3.65. The monoisotopic (exact) mass is 391 g/mol. The number of ether oxygens (including phenoxy) is 1. The Labute approximate surface area is 153 Å². The first kappa shape index (κ1) is 21.3. The topological polar surface area (TPSA) is 78.8 Å². The van der Waals surface area contributed by atoms with Gasteiger partial charge in [-0.3, -0.25) is 4.57 Å². The normalized spacial score (nSPS) is 22.8. The lowest BCUT2D eigenvalue weighted by Gasteiger charge is -2.29. The van der Waals surface area contributed by atoms with Crippen molar-refractivity contribution < 1.29 is 28.2 Å². The van der Waals surface area contributed by atoms with Crippen molar-refractivity contribution in [2.45, 2.75) is 57.8 Å². The summed E-state index contributed by atoms with van der Waals surface area (Å²) >= 11 is 0. The molecule has 0 bridgehead atoms. The van der Waals surface area contributed by atoms with Gasteiger partial charge in [0.15, 0.2) is 11.6 Å². The second-order valence-corrected chi connectivity index (χ2v) is 9.06. The SMILES string of the molecule is CCCC1CCC(c2ccc(OCCCP(=O)(O)NO)c(F)c2F)CC1. The lowest BCUT2D eigenvalue weighted by molar-refractivity contribution is 0.220. The third kappa shape index (κ3) is 5.74. The maximum absolute atomic E-state index is 14.5. The Morgan fingerprint density at radius 3 is 2.54 bits per heavy atom. The Hall–Kier alpha value is -1.01. The van der Waals surface area contributed by atoms with Gasteiger partial charge in [-0.15, -0.1) is 5.25 Å². The van der Waals surface area contributed by atoms with Crippen molar-refractivity contribution in [2.24, 2.45) is 5.92 Å². The van der Waals surface area contributed by atoms with E-state index in [1.165, 1.54) is 17.7 Å². The molecule has 0 aliphatic heterocycles. The molecule has 0 heterocycles. The molecular formula is C18H28F2NO4P. The molecule has 0 aromatic heterocycles. The Bertz CT molecular complexity index is 636.